The lowest BCUT2D eigenvalue weighted by Crippen LogP contribution is -2.26. The summed E-state index contributed by atoms with van der Waals surface area (Å²) in [6.45, 7) is 4.61. The zero-order chi connectivity index (χ0) is 20.1. The smallest absolute Gasteiger partial charge is 0.328 e. The van der Waals surface area contributed by atoms with Crippen molar-refractivity contribution in [3.63, 3.8) is 0 Å². The first-order valence-electron chi connectivity index (χ1n) is 9.02. The maximum absolute atomic E-state index is 9.55. The number of carboxylic acids is 2. The Labute approximate surface area is 162 Å². The van der Waals surface area contributed by atoms with Gasteiger partial charge in [-0.2, -0.15) is 0 Å². The molecule has 0 saturated carbocycles. The Morgan fingerprint density at radius 2 is 1.61 bits per heavy atom. The lowest BCUT2D eigenvalue weighted by atomic mass is 10.0. The highest BCUT2D eigenvalue weighted by atomic mass is 16.5. The van der Waals surface area contributed by atoms with E-state index in [1.54, 1.807) is 0 Å². The van der Waals surface area contributed by atoms with Crippen molar-refractivity contribution in [3.8, 4) is 11.3 Å². The highest BCUT2D eigenvalue weighted by Gasteiger charge is 2.39. The standard InChI is InChI=1S/C16H19N3O.C4H4O4/c1-18-8-13-10-19(11-14(13)9-18)16-7-15(17-20-16)12-5-3-2-4-6-12;5-3(6)1-2-4(7)8/h2-7,13-14H,8-11H2,1H3;1-2H,(H,5,6)(H,7,8). The minimum absolute atomic E-state index is 0.558. The van der Waals surface area contributed by atoms with Gasteiger partial charge in [0.25, 0.3) is 0 Å². The molecule has 1 aromatic heterocycles. The van der Waals surface area contributed by atoms with E-state index in [4.69, 9.17) is 14.7 Å². The summed E-state index contributed by atoms with van der Waals surface area (Å²) in [6.07, 6.45) is 1.12. The molecule has 8 heteroatoms. The lowest BCUT2D eigenvalue weighted by Gasteiger charge is -2.17. The highest BCUT2D eigenvalue weighted by Crippen LogP contribution is 2.34. The van der Waals surface area contributed by atoms with Gasteiger partial charge in [0.15, 0.2) is 0 Å². The highest BCUT2D eigenvalue weighted by molar-refractivity contribution is 5.89. The third-order valence-corrected chi connectivity index (χ3v) is 4.92. The fraction of sp³-hybridized carbons (Fsp3) is 0.350. The topological polar surface area (TPSA) is 107 Å². The average Bonchev–Trinajstić information content (AvgIpc) is 3.35. The summed E-state index contributed by atoms with van der Waals surface area (Å²) in [5, 5.41) is 19.8. The summed E-state index contributed by atoms with van der Waals surface area (Å²) in [5.41, 5.74) is 2.04. The molecule has 2 aliphatic rings. The zero-order valence-electron chi connectivity index (χ0n) is 15.6. The Kier molecular flexibility index (Phi) is 6.10. The Morgan fingerprint density at radius 3 is 2.14 bits per heavy atom. The third-order valence-electron chi connectivity index (χ3n) is 4.92. The van der Waals surface area contributed by atoms with Gasteiger partial charge in [-0.15, -0.1) is 0 Å². The third kappa shape index (κ3) is 4.98. The Hall–Kier alpha value is -3.13. The number of likely N-dealkylation sites (tertiary alicyclic amines) is 1. The molecule has 0 amide bonds. The number of anilines is 1. The van der Waals surface area contributed by atoms with Crippen LogP contribution in [0.15, 0.2) is 53.1 Å². The number of nitrogens with zero attached hydrogens (tertiary/aromatic N) is 3. The SMILES string of the molecule is CN1CC2CN(c3cc(-c4ccccc4)no3)CC2C1.O=C(O)C=CC(=O)O. The normalized spacial score (nSPS) is 21.4. The van der Waals surface area contributed by atoms with Crippen molar-refractivity contribution in [2.75, 3.05) is 38.1 Å². The number of rotatable bonds is 4. The largest absolute Gasteiger partial charge is 0.478 e. The van der Waals surface area contributed by atoms with Crippen LogP contribution in [-0.2, 0) is 9.59 Å². The maximum atomic E-state index is 9.55. The molecule has 1 aromatic carbocycles. The maximum Gasteiger partial charge on any atom is 0.328 e. The molecule has 2 saturated heterocycles. The first kappa shape index (κ1) is 19.6. The molecule has 2 N–H and O–H groups in total. The van der Waals surface area contributed by atoms with Gasteiger partial charge in [0.05, 0.1) is 0 Å². The molecule has 0 aliphatic carbocycles. The fourth-order valence-corrected chi connectivity index (χ4v) is 3.71. The number of benzene rings is 1. The van der Waals surface area contributed by atoms with E-state index < -0.39 is 11.9 Å². The van der Waals surface area contributed by atoms with Gasteiger partial charge in [0.2, 0.25) is 5.88 Å². The molecule has 0 bridgehead atoms. The van der Waals surface area contributed by atoms with Gasteiger partial charge in [0.1, 0.15) is 5.69 Å². The predicted octanol–water partition coefficient (Wildman–Crippen LogP) is 2.05. The summed E-state index contributed by atoms with van der Waals surface area (Å²) in [5.74, 6) is -0.0312. The number of aromatic nitrogens is 1. The number of carbonyl (C=O) groups is 2. The second-order valence-corrected chi connectivity index (χ2v) is 7.07. The van der Waals surface area contributed by atoms with E-state index in [0.717, 1.165) is 42.1 Å². The average molecular weight is 385 g/mol. The molecular formula is C20H23N3O5. The minimum atomic E-state index is -1.26. The summed E-state index contributed by atoms with van der Waals surface area (Å²) in [6, 6.07) is 12.3. The summed E-state index contributed by atoms with van der Waals surface area (Å²) < 4.78 is 5.56. The van der Waals surface area contributed by atoms with Gasteiger partial charge in [-0.1, -0.05) is 35.5 Å². The van der Waals surface area contributed by atoms with Crippen molar-refractivity contribution in [1.29, 1.82) is 0 Å². The van der Waals surface area contributed by atoms with E-state index in [1.807, 2.05) is 18.2 Å². The molecule has 2 atom stereocenters. The zero-order valence-corrected chi connectivity index (χ0v) is 15.6. The van der Waals surface area contributed by atoms with Crippen LogP contribution in [-0.4, -0.2) is 65.4 Å². The van der Waals surface area contributed by atoms with E-state index in [-0.39, 0.29) is 0 Å². The fourth-order valence-electron chi connectivity index (χ4n) is 3.71. The van der Waals surface area contributed by atoms with Crippen molar-refractivity contribution >= 4 is 17.8 Å². The quantitative estimate of drug-likeness (QED) is 0.770. The molecule has 0 radical (unpaired) electrons. The van der Waals surface area contributed by atoms with Gasteiger partial charge in [0, 0.05) is 50.0 Å². The molecule has 2 unspecified atom stereocenters. The number of fused-ring (bicyclic) bond motifs is 1. The van der Waals surface area contributed by atoms with Gasteiger partial charge in [-0.25, -0.2) is 9.59 Å². The van der Waals surface area contributed by atoms with Crippen molar-refractivity contribution in [1.82, 2.24) is 10.1 Å². The van der Waals surface area contributed by atoms with Crippen LogP contribution in [0, 0.1) is 11.8 Å². The number of hydrogen-bond acceptors (Lipinski definition) is 6. The van der Waals surface area contributed by atoms with Gasteiger partial charge < -0.3 is 24.5 Å². The second-order valence-electron chi connectivity index (χ2n) is 7.07. The van der Waals surface area contributed by atoms with Crippen LogP contribution >= 0.6 is 0 Å². The Morgan fingerprint density at radius 1 is 1.04 bits per heavy atom. The molecule has 2 aliphatic heterocycles. The van der Waals surface area contributed by atoms with E-state index in [0.29, 0.717) is 12.2 Å². The molecular weight excluding hydrogens is 362 g/mol. The van der Waals surface area contributed by atoms with Crippen molar-refractivity contribution in [2.45, 2.75) is 0 Å². The van der Waals surface area contributed by atoms with E-state index in [1.165, 1.54) is 13.1 Å². The Bertz CT molecular complexity index is 819. The molecule has 8 nitrogen and oxygen atoms in total. The van der Waals surface area contributed by atoms with E-state index >= 15 is 0 Å². The van der Waals surface area contributed by atoms with Gasteiger partial charge in [-0.3, -0.25) is 0 Å². The van der Waals surface area contributed by atoms with Crippen LogP contribution in [0.3, 0.4) is 0 Å². The molecule has 4 rings (SSSR count). The molecule has 0 spiro atoms. The summed E-state index contributed by atoms with van der Waals surface area (Å²) in [7, 11) is 2.21. The lowest BCUT2D eigenvalue weighted by molar-refractivity contribution is -0.134. The van der Waals surface area contributed by atoms with Gasteiger partial charge in [-0.05, 0) is 18.9 Å². The summed E-state index contributed by atoms with van der Waals surface area (Å²) >= 11 is 0. The van der Waals surface area contributed by atoms with Crippen LogP contribution in [0.5, 0.6) is 0 Å². The molecule has 148 valence electrons. The molecule has 3 heterocycles. The Balaban J connectivity index is 0.000000242. The van der Waals surface area contributed by atoms with Crippen molar-refractivity contribution in [3.05, 3.63) is 48.6 Å². The van der Waals surface area contributed by atoms with Gasteiger partial charge >= 0.3 is 11.9 Å². The minimum Gasteiger partial charge on any atom is -0.478 e. The van der Waals surface area contributed by atoms with Crippen LogP contribution in [0.25, 0.3) is 11.3 Å². The van der Waals surface area contributed by atoms with Crippen LogP contribution in [0.4, 0.5) is 5.88 Å². The monoisotopic (exact) mass is 385 g/mol. The van der Waals surface area contributed by atoms with Crippen LogP contribution < -0.4 is 4.90 Å². The van der Waals surface area contributed by atoms with Crippen molar-refractivity contribution in [2.24, 2.45) is 11.8 Å². The van der Waals surface area contributed by atoms with Crippen molar-refractivity contribution < 1.29 is 24.3 Å². The summed E-state index contributed by atoms with van der Waals surface area (Å²) in [4.78, 5) is 23.9. The van der Waals surface area contributed by atoms with E-state index in [2.05, 4.69) is 40.2 Å². The van der Waals surface area contributed by atoms with Crippen LogP contribution in [0.2, 0.25) is 0 Å². The molecule has 2 aromatic rings. The first-order chi connectivity index (χ1) is 13.4. The number of aliphatic carboxylic acids is 2. The van der Waals surface area contributed by atoms with Crippen LogP contribution in [0.1, 0.15) is 0 Å². The number of hydrogen-bond donors (Lipinski definition) is 2. The molecule has 28 heavy (non-hydrogen) atoms. The second kappa shape index (κ2) is 8.71. The number of carboxylic acid groups (broad SMARTS) is 2. The first-order valence-corrected chi connectivity index (χ1v) is 9.02. The van der Waals surface area contributed by atoms with E-state index in [9.17, 15) is 9.59 Å². The molecule has 2 fully saturated rings. The predicted molar refractivity (Wildman–Crippen MR) is 103 cm³/mol.